The van der Waals surface area contributed by atoms with Crippen molar-refractivity contribution in [3.05, 3.63) is 52.5 Å². The van der Waals surface area contributed by atoms with Crippen molar-refractivity contribution >= 4 is 21.6 Å². The first kappa shape index (κ1) is 13.7. The molecule has 0 aromatic heterocycles. The van der Waals surface area contributed by atoms with E-state index in [0.29, 0.717) is 6.54 Å². The van der Waals surface area contributed by atoms with Gasteiger partial charge in [-0.25, -0.2) is 0 Å². The van der Waals surface area contributed by atoms with Crippen LogP contribution in [0.25, 0.3) is 0 Å². The SMILES string of the molecule is COc1ccc(CNc2[c]ccc(Br)c2)c(OC)c1. The van der Waals surface area contributed by atoms with Crippen LogP contribution in [0.5, 0.6) is 11.5 Å². The first-order valence-corrected chi connectivity index (χ1v) is 6.64. The van der Waals surface area contributed by atoms with Crippen molar-refractivity contribution in [2.45, 2.75) is 6.54 Å². The predicted octanol–water partition coefficient (Wildman–Crippen LogP) is 3.88. The Kier molecular flexibility index (Phi) is 4.68. The molecule has 0 atom stereocenters. The topological polar surface area (TPSA) is 30.5 Å². The van der Waals surface area contributed by atoms with E-state index in [-0.39, 0.29) is 0 Å². The first-order chi connectivity index (χ1) is 9.22. The molecule has 0 aliphatic heterocycles. The molecule has 0 unspecified atom stereocenters. The number of nitrogens with one attached hydrogen (secondary N) is 1. The molecule has 0 bridgehead atoms. The van der Waals surface area contributed by atoms with Crippen molar-refractivity contribution in [3.8, 4) is 11.5 Å². The molecule has 0 aliphatic carbocycles. The zero-order valence-corrected chi connectivity index (χ0v) is 12.5. The van der Waals surface area contributed by atoms with Crippen molar-refractivity contribution in [3.63, 3.8) is 0 Å². The number of halogens is 1. The van der Waals surface area contributed by atoms with Crippen molar-refractivity contribution in [2.24, 2.45) is 0 Å². The lowest BCUT2D eigenvalue weighted by molar-refractivity contribution is 0.391. The molecule has 0 aliphatic rings. The summed E-state index contributed by atoms with van der Waals surface area (Å²) in [6, 6.07) is 14.7. The molecule has 0 fully saturated rings. The highest BCUT2D eigenvalue weighted by atomic mass is 79.9. The Balaban J connectivity index is 2.11. The molecule has 2 rings (SSSR count). The van der Waals surface area contributed by atoms with Crippen LogP contribution in [-0.4, -0.2) is 14.2 Å². The van der Waals surface area contributed by atoms with Crippen LogP contribution in [-0.2, 0) is 6.54 Å². The summed E-state index contributed by atoms with van der Waals surface area (Å²) in [5.41, 5.74) is 2.00. The maximum atomic E-state index is 5.36. The lowest BCUT2D eigenvalue weighted by atomic mass is 10.2. The standard InChI is InChI=1S/C15H15BrNO2/c1-18-14-7-6-11(15(9-14)19-2)10-17-13-5-3-4-12(16)8-13/h3-4,6-9,17H,10H2,1-2H3. The van der Waals surface area contributed by atoms with Crippen LogP contribution in [0.3, 0.4) is 0 Å². The predicted molar refractivity (Wildman–Crippen MR) is 79.9 cm³/mol. The fourth-order valence-electron chi connectivity index (χ4n) is 1.73. The number of hydrogen-bond acceptors (Lipinski definition) is 3. The van der Waals surface area contributed by atoms with Gasteiger partial charge >= 0.3 is 0 Å². The fourth-order valence-corrected chi connectivity index (χ4v) is 2.09. The second kappa shape index (κ2) is 6.48. The summed E-state index contributed by atoms with van der Waals surface area (Å²) in [5.74, 6) is 1.59. The van der Waals surface area contributed by atoms with Gasteiger partial charge < -0.3 is 14.8 Å². The van der Waals surface area contributed by atoms with Gasteiger partial charge in [0.2, 0.25) is 0 Å². The summed E-state index contributed by atoms with van der Waals surface area (Å²) in [4.78, 5) is 0. The minimum Gasteiger partial charge on any atom is -0.497 e. The van der Waals surface area contributed by atoms with Crippen LogP contribution in [0.15, 0.2) is 40.9 Å². The molecule has 1 radical (unpaired) electrons. The highest BCUT2D eigenvalue weighted by Gasteiger charge is 2.05. The molecule has 2 aromatic rings. The molecule has 3 nitrogen and oxygen atoms in total. The minimum atomic E-state index is 0.667. The van der Waals surface area contributed by atoms with E-state index in [1.807, 2.05) is 36.4 Å². The lowest BCUT2D eigenvalue weighted by Crippen LogP contribution is -2.02. The average Bonchev–Trinajstić information content (AvgIpc) is 2.45. The quantitative estimate of drug-likeness (QED) is 0.906. The summed E-state index contributed by atoms with van der Waals surface area (Å²) >= 11 is 3.43. The number of rotatable bonds is 5. The van der Waals surface area contributed by atoms with Crippen molar-refractivity contribution in [2.75, 3.05) is 19.5 Å². The minimum absolute atomic E-state index is 0.667. The Bertz CT molecular complexity index is 558. The molecule has 19 heavy (non-hydrogen) atoms. The molecule has 0 saturated carbocycles. The third-order valence-corrected chi connectivity index (χ3v) is 3.22. The van der Waals surface area contributed by atoms with E-state index in [2.05, 4.69) is 27.3 Å². The van der Waals surface area contributed by atoms with Gasteiger partial charge in [0.05, 0.1) is 14.2 Å². The Morgan fingerprint density at radius 1 is 1.16 bits per heavy atom. The smallest absolute Gasteiger partial charge is 0.127 e. The van der Waals surface area contributed by atoms with Crippen molar-refractivity contribution in [1.29, 1.82) is 0 Å². The Morgan fingerprint density at radius 2 is 2.00 bits per heavy atom. The van der Waals surface area contributed by atoms with Gasteiger partial charge in [-0.3, -0.25) is 0 Å². The van der Waals surface area contributed by atoms with Crippen LogP contribution in [0, 0.1) is 6.07 Å². The largest absolute Gasteiger partial charge is 0.497 e. The van der Waals surface area contributed by atoms with E-state index >= 15 is 0 Å². The third-order valence-electron chi connectivity index (χ3n) is 2.73. The van der Waals surface area contributed by atoms with Gasteiger partial charge in [-0.05, 0) is 24.3 Å². The zero-order valence-electron chi connectivity index (χ0n) is 10.9. The lowest BCUT2D eigenvalue weighted by Gasteiger charge is -2.12. The molecule has 0 spiro atoms. The van der Waals surface area contributed by atoms with E-state index in [9.17, 15) is 0 Å². The van der Waals surface area contributed by atoms with Crippen molar-refractivity contribution < 1.29 is 9.47 Å². The number of ether oxygens (including phenoxy) is 2. The normalized spacial score (nSPS) is 10.1. The number of benzene rings is 2. The zero-order chi connectivity index (χ0) is 13.7. The summed E-state index contributed by atoms with van der Waals surface area (Å²) in [6.07, 6.45) is 0. The van der Waals surface area contributed by atoms with E-state index in [0.717, 1.165) is 27.2 Å². The van der Waals surface area contributed by atoms with Crippen LogP contribution in [0.1, 0.15) is 5.56 Å². The second-order valence-electron chi connectivity index (χ2n) is 3.95. The summed E-state index contributed by atoms with van der Waals surface area (Å²) in [7, 11) is 3.30. The van der Waals surface area contributed by atoms with Gasteiger partial charge in [-0.1, -0.05) is 22.0 Å². The van der Waals surface area contributed by atoms with Crippen LogP contribution in [0.4, 0.5) is 5.69 Å². The first-order valence-electron chi connectivity index (χ1n) is 5.85. The van der Waals surface area contributed by atoms with E-state index in [1.54, 1.807) is 14.2 Å². The maximum absolute atomic E-state index is 5.36. The summed E-state index contributed by atoms with van der Waals surface area (Å²) in [5, 5.41) is 3.31. The van der Waals surface area contributed by atoms with Gasteiger partial charge in [-0.15, -0.1) is 0 Å². The Labute approximate surface area is 121 Å². The second-order valence-corrected chi connectivity index (χ2v) is 4.87. The van der Waals surface area contributed by atoms with Gasteiger partial charge in [-0.2, -0.15) is 0 Å². The summed E-state index contributed by atoms with van der Waals surface area (Å²) < 4.78 is 11.6. The van der Waals surface area contributed by atoms with Crippen LogP contribution in [0.2, 0.25) is 0 Å². The molecule has 99 valence electrons. The van der Waals surface area contributed by atoms with E-state index in [4.69, 9.17) is 9.47 Å². The van der Waals surface area contributed by atoms with Gasteiger partial charge in [0.1, 0.15) is 11.5 Å². The maximum Gasteiger partial charge on any atom is 0.127 e. The average molecular weight is 321 g/mol. The van der Waals surface area contributed by atoms with Gasteiger partial charge in [0, 0.05) is 34.4 Å². The number of hydrogen-bond donors (Lipinski definition) is 1. The molecule has 0 amide bonds. The molecule has 1 N–H and O–H groups in total. The monoisotopic (exact) mass is 320 g/mol. The van der Waals surface area contributed by atoms with Gasteiger partial charge in [0.15, 0.2) is 0 Å². The Hall–Kier alpha value is -1.68. The number of methoxy groups -OCH3 is 2. The molecular weight excluding hydrogens is 306 g/mol. The molecule has 0 saturated heterocycles. The van der Waals surface area contributed by atoms with Crippen LogP contribution < -0.4 is 14.8 Å². The van der Waals surface area contributed by atoms with E-state index < -0.39 is 0 Å². The molecule has 4 heteroatoms. The van der Waals surface area contributed by atoms with E-state index in [1.165, 1.54) is 0 Å². The number of anilines is 1. The summed E-state index contributed by atoms with van der Waals surface area (Å²) in [6.45, 7) is 0.667. The highest BCUT2D eigenvalue weighted by Crippen LogP contribution is 2.25. The molecule has 0 heterocycles. The molecule has 2 aromatic carbocycles. The highest BCUT2D eigenvalue weighted by molar-refractivity contribution is 9.10. The third kappa shape index (κ3) is 3.64. The van der Waals surface area contributed by atoms with Crippen molar-refractivity contribution in [1.82, 2.24) is 0 Å². The van der Waals surface area contributed by atoms with Gasteiger partial charge in [0.25, 0.3) is 0 Å². The fraction of sp³-hybridized carbons (Fsp3) is 0.200. The molecular formula is C15H15BrNO2. The van der Waals surface area contributed by atoms with Crippen LogP contribution >= 0.6 is 15.9 Å². The Morgan fingerprint density at radius 3 is 2.68 bits per heavy atom.